The summed E-state index contributed by atoms with van der Waals surface area (Å²) in [5.41, 5.74) is 1.11. The van der Waals surface area contributed by atoms with Crippen molar-refractivity contribution in [2.75, 3.05) is 26.9 Å². The van der Waals surface area contributed by atoms with Gasteiger partial charge in [0.25, 0.3) is 0 Å². The van der Waals surface area contributed by atoms with Crippen LogP contribution in [0, 0.1) is 0 Å². The quantitative estimate of drug-likeness (QED) is 0.621. The van der Waals surface area contributed by atoms with E-state index in [1.54, 1.807) is 17.5 Å². The normalized spacial score (nSPS) is 17.7. The molecule has 130 valence electrons. The number of halogens is 1. The number of aryl methyl sites for hydroxylation is 1. The van der Waals surface area contributed by atoms with Crippen LogP contribution in [-0.2, 0) is 6.42 Å². The van der Waals surface area contributed by atoms with E-state index in [1.165, 1.54) is 16.2 Å². The number of alkyl halides is 1. The number of likely N-dealkylation sites (N-methyl/N-ethyl adjacent to an activating group) is 1. The summed E-state index contributed by atoms with van der Waals surface area (Å²) in [5.74, 6) is 0.839. The average Bonchev–Trinajstić information content (AvgIpc) is 3.07. The van der Waals surface area contributed by atoms with Crippen LogP contribution in [0.15, 0.2) is 30.6 Å². The first kappa shape index (κ1) is 17.4. The van der Waals surface area contributed by atoms with Gasteiger partial charge in [-0.15, -0.1) is 11.3 Å². The minimum Gasteiger partial charge on any atom is -0.490 e. The van der Waals surface area contributed by atoms with E-state index in [4.69, 9.17) is 4.74 Å². The van der Waals surface area contributed by atoms with Crippen molar-refractivity contribution in [1.29, 1.82) is 0 Å². The third-order valence-corrected chi connectivity index (χ3v) is 5.79. The van der Waals surface area contributed by atoms with Gasteiger partial charge in [0.1, 0.15) is 12.4 Å². The van der Waals surface area contributed by atoms with E-state index in [2.05, 4.69) is 35.1 Å². The summed E-state index contributed by atoms with van der Waals surface area (Å²) in [4.78, 5) is 9.21. The molecule has 5 heteroatoms. The summed E-state index contributed by atoms with van der Waals surface area (Å²) < 4.78 is 18.0. The second kappa shape index (κ2) is 8.58. The van der Waals surface area contributed by atoms with Gasteiger partial charge >= 0.3 is 0 Å². The van der Waals surface area contributed by atoms with E-state index in [1.807, 2.05) is 6.20 Å². The standard InChI is InChI=1S/C19H25FN2OS/c1-22-10-8-16(22)14-23-17-11-15(12-21-13-17)19-7-6-18(24-19)5-3-2-4-9-20/h6-7,11-13,16H,2-5,8-10,14H2,1H3. The van der Waals surface area contributed by atoms with Crippen LogP contribution < -0.4 is 4.74 Å². The molecule has 0 aromatic carbocycles. The minimum atomic E-state index is -0.204. The number of rotatable bonds is 9. The topological polar surface area (TPSA) is 25.4 Å². The molecule has 3 heterocycles. The smallest absolute Gasteiger partial charge is 0.138 e. The number of hydrogen-bond acceptors (Lipinski definition) is 4. The highest BCUT2D eigenvalue weighted by Gasteiger charge is 2.24. The number of aromatic nitrogens is 1. The zero-order valence-electron chi connectivity index (χ0n) is 14.2. The van der Waals surface area contributed by atoms with Crippen molar-refractivity contribution in [1.82, 2.24) is 9.88 Å². The molecule has 2 aromatic heterocycles. The van der Waals surface area contributed by atoms with Crippen molar-refractivity contribution in [2.45, 2.75) is 38.1 Å². The Hall–Kier alpha value is -1.46. The Kier molecular flexibility index (Phi) is 6.21. The predicted octanol–water partition coefficient (Wildman–Crippen LogP) is 4.58. The highest BCUT2D eigenvalue weighted by molar-refractivity contribution is 7.15. The van der Waals surface area contributed by atoms with Crippen LogP contribution in [0.25, 0.3) is 10.4 Å². The van der Waals surface area contributed by atoms with Gasteiger partial charge in [-0.25, -0.2) is 0 Å². The van der Waals surface area contributed by atoms with Crippen LogP contribution in [0.1, 0.15) is 30.6 Å². The molecular formula is C19H25FN2OS. The third kappa shape index (κ3) is 4.54. The first-order valence-corrected chi connectivity index (χ1v) is 9.51. The molecule has 2 aromatic rings. The highest BCUT2D eigenvalue weighted by Crippen LogP contribution is 2.30. The van der Waals surface area contributed by atoms with E-state index >= 15 is 0 Å². The fraction of sp³-hybridized carbons (Fsp3) is 0.526. The molecule has 1 atom stereocenters. The number of nitrogens with zero attached hydrogens (tertiary/aromatic N) is 2. The zero-order chi connectivity index (χ0) is 16.8. The Morgan fingerprint density at radius 3 is 2.96 bits per heavy atom. The first-order valence-electron chi connectivity index (χ1n) is 8.69. The molecule has 3 nitrogen and oxygen atoms in total. The Morgan fingerprint density at radius 1 is 1.29 bits per heavy atom. The maximum Gasteiger partial charge on any atom is 0.138 e. The number of ether oxygens (including phenoxy) is 1. The van der Waals surface area contributed by atoms with Crippen LogP contribution in [0.5, 0.6) is 5.75 Å². The zero-order valence-corrected chi connectivity index (χ0v) is 15.0. The molecule has 0 radical (unpaired) electrons. The van der Waals surface area contributed by atoms with Gasteiger partial charge in [0.2, 0.25) is 0 Å². The van der Waals surface area contributed by atoms with E-state index in [9.17, 15) is 4.39 Å². The molecule has 1 fully saturated rings. The van der Waals surface area contributed by atoms with Crippen molar-refractivity contribution in [2.24, 2.45) is 0 Å². The molecule has 0 spiro atoms. The summed E-state index contributed by atoms with van der Waals surface area (Å²) in [6.45, 7) is 1.69. The van der Waals surface area contributed by atoms with Crippen LogP contribution in [-0.4, -0.2) is 42.8 Å². The summed E-state index contributed by atoms with van der Waals surface area (Å²) in [5, 5.41) is 0. The summed E-state index contributed by atoms with van der Waals surface area (Å²) in [7, 11) is 2.13. The lowest BCUT2D eigenvalue weighted by Gasteiger charge is -2.37. The molecule has 0 N–H and O–H groups in total. The van der Waals surface area contributed by atoms with E-state index in [0.717, 1.165) is 43.7 Å². The molecule has 0 amide bonds. The van der Waals surface area contributed by atoms with Crippen LogP contribution in [0.4, 0.5) is 4.39 Å². The van der Waals surface area contributed by atoms with E-state index < -0.39 is 0 Å². The minimum absolute atomic E-state index is 0.204. The second-order valence-corrected chi connectivity index (χ2v) is 7.58. The Balaban J connectivity index is 1.56. The fourth-order valence-electron chi connectivity index (χ4n) is 2.84. The lowest BCUT2D eigenvalue weighted by Crippen LogP contribution is -2.48. The first-order chi connectivity index (χ1) is 11.8. The second-order valence-electron chi connectivity index (χ2n) is 6.41. The number of likely N-dealkylation sites (tertiary alicyclic amines) is 1. The largest absolute Gasteiger partial charge is 0.490 e. The van der Waals surface area contributed by atoms with Crippen LogP contribution >= 0.6 is 11.3 Å². The van der Waals surface area contributed by atoms with E-state index in [-0.39, 0.29) is 6.67 Å². The molecule has 1 aliphatic heterocycles. The lowest BCUT2D eigenvalue weighted by atomic mass is 10.1. The van der Waals surface area contributed by atoms with Gasteiger partial charge in [-0.2, -0.15) is 0 Å². The van der Waals surface area contributed by atoms with Crippen LogP contribution in [0.2, 0.25) is 0 Å². The molecule has 1 saturated heterocycles. The van der Waals surface area contributed by atoms with Crippen molar-refractivity contribution in [3.63, 3.8) is 0 Å². The van der Waals surface area contributed by atoms with Gasteiger partial charge in [-0.1, -0.05) is 6.42 Å². The highest BCUT2D eigenvalue weighted by atomic mass is 32.1. The van der Waals surface area contributed by atoms with Crippen LogP contribution in [0.3, 0.4) is 0 Å². The SMILES string of the molecule is CN1CCC1COc1cncc(-c2ccc(CCCCCF)s2)c1. The summed E-state index contributed by atoms with van der Waals surface area (Å²) in [6, 6.07) is 6.93. The molecular weight excluding hydrogens is 323 g/mol. The Bertz CT molecular complexity index is 646. The predicted molar refractivity (Wildman–Crippen MR) is 97.6 cm³/mol. The molecule has 3 rings (SSSR count). The maximum atomic E-state index is 12.1. The van der Waals surface area contributed by atoms with Gasteiger partial charge in [0, 0.05) is 27.6 Å². The summed E-state index contributed by atoms with van der Waals surface area (Å²) in [6.07, 6.45) is 8.61. The molecule has 0 aliphatic carbocycles. The number of pyridine rings is 1. The lowest BCUT2D eigenvalue weighted by molar-refractivity contribution is 0.0768. The average molecular weight is 348 g/mol. The monoisotopic (exact) mass is 348 g/mol. The maximum absolute atomic E-state index is 12.1. The number of thiophene rings is 1. The molecule has 24 heavy (non-hydrogen) atoms. The van der Waals surface area contributed by atoms with E-state index in [0.29, 0.717) is 12.5 Å². The molecule has 1 unspecified atom stereocenters. The molecule has 0 bridgehead atoms. The van der Waals surface area contributed by atoms with Crippen molar-refractivity contribution < 1.29 is 9.13 Å². The van der Waals surface area contributed by atoms with Gasteiger partial charge in [-0.05, 0) is 57.5 Å². The number of unbranched alkanes of at least 4 members (excludes halogenated alkanes) is 2. The van der Waals surface area contributed by atoms with Gasteiger partial charge in [0.05, 0.1) is 12.9 Å². The fourth-order valence-corrected chi connectivity index (χ4v) is 3.87. The number of hydrogen-bond donors (Lipinski definition) is 0. The van der Waals surface area contributed by atoms with Crippen molar-refractivity contribution in [3.8, 4) is 16.2 Å². The van der Waals surface area contributed by atoms with Gasteiger partial charge < -0.3 is 4.74 Å². The molecule has 0 saturated carbocycles. The third-order valence-electron chi connectivity index (χ3n) is 4.60. The Morgan fingerprint density at radius 2 is 2.21 bits per heavy atom. The Labute approximate surface area is 147 Å². The van der Waals surface area contributed by atoms with Gasteiger partial charge in [0.15, 0.2) is 0 Å². The molecule has 1 aliphatic rings. The van der Waals surface area contributed by atoms with Gasteiger partial charge in [-0.3, -0.25) is 14.3 Å². The summed E-state index contributed by atoms with van der Waals surface area (Å²) >= 11 is 1.80. The van der Waals surface area contributed by atoms with Crippen molar-refractivity contribution in [3.05, 3.63) is 35.5 Å². The van der Waals surface area contributed by atoms with Crippen molar-refractivity contribution >= 4 is 11.3 Å².